The highest BCUT2D eigenvalue weighted by molar-refractivity contribution is 5.98. The van der Waals surface area contributed by atoms with E-state index in [4.69, 9.17) is 10.5 Å². The molecule has 0 saturated carbocycles. The number of aromatic nitrogens is 2. The minimum atomic E-state index is -0.698. The first-order valence-electron chi connectivity index (χ1n) is 11.4. The molecule has 1 aliphatic rings. The molecule has 1 aromatic heterocycles. The highest BCUT2D eigenvalue weighted by atomic mass is 16.6. The molecular formula is C25H32N6O4. The largest absolute Gasteiger partial charge is 0.513 e. The van der Waals surface area contributed by atoms with Crippen LogP contribution in [0.2, 0.25) is 0 Å². The van der Waals surface area contributed by atoms with Gasteiger partial charge in [0.15, 0.2) is 5.82 Å². The van der Waals surface area contributed by atoms with Crippen molar-refractivity contribution < 1.29 is 19.4 Å². The van der Waals surface area contributed by atoms with Crippen LogP contribution in [0.4, 0.5) is 16.3 Å². The lowest BCUT2D eigenvalue weighted by molar-refractivity contribution is 0.0105. The second-order valence-corrected chi connectivity index (χ2v) is 9.76. The summed E-state index contributed by atoms with van der Waals surface area (Å²) in [6.07, 6.45) is 3.87. The van der Waals surface area contributed by atoms with E-state index >= 15 is 0 Å². The lowest BCUT2D eigenvalue weighted by Crippen LogP contribution is -2.49. The lowest BCUT2D eigenvalue weighted by atomic mass is 9.85. The summed E-state index contributed by atoms with van der Waals surface area (Å²) in [7, 11) is 0. The first kappa shape index (κ1) is 25.6. The lowest BCUT2D eigenvalue weighted by Gasteiger charge is -2.40. The molecular weight excluding hydrogens is 448 g/mol. The van der Waals surface area contributed by atoms with Gasteiger partial charge >= 0.3 is 6.09 Å². The number of likely N-dealkylation sites (tertiary alicyclic amines) is 1. The maximum Gasteiger partial charge on any atom is 0.410 e. The average molecular weight is 481 g/mol. The Balaban J connectivity index is 1.87. The predicted octanol–water partition coefficient (Wildman–Crippen LogP) is 4.28. The quantitative estimate of drug-likeness (QED) is 0.523. The molecule has 2 amide bonds. The Morgan fingerprint density at radius 3 is 2.60 bits per heavy atom. The molecule has 0 radical (unpaired) electrons. The Morgan fingerprint density at radius 1 is 1.34 bits per heavy atom. The number of nitriles is 1. The van der Waals surface area contributed by atoms with Crippen LogP contribution >= 0.6 is 0 Å². The first-order chi connectivity index (χ1) is 16.4. The molecule has 2 heterocycles. The summed E-state index contributed by atoms with van der Waals surface area (Å²) in [5, 5.41) is 26.9. The van der Waals surface area contributed by atoms with Gasteiger partial charge in [-0.2, -0.15) is 10.4 Å². The van der Waals surface area contributed by atoms with Crippen molar-refractivity contribution in [2.45, 2.75) is 58.1 Å². The zero-order valence-corrected chi connectivity index (χ0v) is 20.5. The van der Waals surface area contributed by atoms with Crippen LogP contribution in [0.3, 0.4) is 0 Å². The summed E-state index contributed by atoms with van der Waals surface area (Å²) in [5.74, 6) is -0.217. The van der Waals surface area contributed by atoms with Gasteiger partial charge in [-0.25, -0.2) is 4.79 Å². The van der Waals surface area contributed by atoms with Gasteiger partial charge in [-0.15, -0.1) is 0 Å². The minimum absolute atomic E-state index is 0.157. The van der Waals surface area contributed by atoms with E-state index < -0.39 is 23.1 Å². The van der Waals surface area contributed by atoms with Crippen molar-refractivity contribution >= 4 is 29.6 Å². The van der Waals surface area contributed by atoms with Crippen molar-refractivity contribution in [3.63, 3.8) is 0 Å². The first-order valence-corrected chi connectivity index (χ1v) is 11.4. The van der Waals surface area contributed by atoms with Gasteiger partial charge in [0.1, 0.15) is 11.2 Å². The second-order valence-electron chi connectivity index (χ2n) is 9.76. The van der Waals surface area contributed by atoms with Crippen molar-refractivity contribution in [3.05, 3.63) is 47.3 Å². The summed E-state index contributed by atoms with van der Waals surface area (Å²) >= 11 is 0. The summed E-state index contributed by atoms with van der Waals surface area (Å²) in [5.41, 5.74) is 5.95. The van der Waals surface area contributed by atoms with Gasteiger partial charge in [0.2, 0.25) is 0 Å². The molecule has 0 bridgehead atoms. The van der Waals surface area contributed by atoms with E-state index in [1.54, 1.807) is 40.9 Å². The summed E-state index contributed by atoms with van der Waals surface area (Å²) in [6.45, 7) is 7.80. The molecule has 1 aromatic carbocycles. The molecule has 0 atom stereocenters. The van der Waals surface area contributed by atoms with Gasteiger partial charge in [0.05, 0.1) is 23.8 Å². The van der Waals surface area contributed by atoms with Crippen LogP contribution < -0.4 is 11.1 Å². The number of hydrogen-bond acceptors (Lipinski definition) is 7. The van der Waals surface area contributed by atoms with E-state index in [1.165, 1.54) is 0 Å². The number of carbonyl (C=O) groups is 2. The van der Waals surface area contributed by atoms with Gasteiger partial charge < -0.3 is 25.8 Å². The molecule has 1 aliphatic heterocycles. The predicted molar refractivity (Wildman–Crippen MR) is 132 cm³/mol. The van der Waals surface area contributed by atoms with Gasteiger partial charge in [0, 0.05) is 25.0 Å². The molecule has 0 unspecified atom stereocenters. The number of nitrogens with one attached hydrogen (secondary N) is 1. The molecule has 35 heavy (non-hydrogen) atoms. The molecule has 10 nitrogen and oxygen atoms in total. The number of allylic oxidation sites excluding steroid dienone is 1. The smallest absolute Gasteiger partial charge is 0.410 e. The Hall–Kier alpha value is -4.00. The number of benzene rings is 1. The maximum atomic E-state index is 12.5. The zero-order valence-electron chi connectivity index (χ0n) is 20.5. The van der Waals surface area contributed by atoms with Gasteiger partial charge in [-0.1, -0.05) is 12.1 Å². The van der Waals surface area contributed by atoms with Gasteiger partial charge in [-0.3, -0.25) is 9.48 Å². The Morgan fingerprint density at radius 2 is 2.03 bits per heavy atom. The number of nitrogens with two attached hydrogens (primary N) is 1. The van der Waals surface area contributed by atoms with Crippen LogP contribution in [0.1, 0.15) is 62.9 Å². The highest BCUT2D eigenvalue weighted by Crippen LogP contribution is 2.35. The number of carbonyl (C=O) groups excluding carboxylic acids is 2. The third-order valence-corrected chi connectivity index (χ3v) is 5.74. The molecule has 3 rings (SSSR count). The normalized spacial score (nSPS) is 15.9. The van der Waals surface area contributed by atoms with Crippen LogP contribution in [-0.4, -0.2) is 50.5 Å². The molecule has 2 aromatic rings. The number of rotatable bonds is 6. The summed E-state index contributed by atoms with van der Waals surface area (Å²) < 4.78 is 7.11. The molecule has 10 heteroatoms. The monoisotopic (exact) mass is 480 g/mol. The van der Waals surface area contributed by atoms with Crippen molar-refractivity contribution in [1.29, 1.82) is 5.26 Å². The van der Waals surface area contributed by atoms with Crippen LogP contribution in [0.25, 0.3) is 6.08 Å². The molecule has 186 valence electrons. The van der Waals surface area contributed by atoms with Crippen molar-refractivity contribution in [1.82, 2.24) is 14.7 Å². The number of hydrogen-bond donors (Lipinski definition) is 3. The molecule has 0 spiro atoms. The average Bonchev–Trinajstić information content (AvgIpc) is 3.18. The molecule has 1 saturated heterocycles. The Labute approximate surface area is 205 Å². The van der Waals surface area contributed by atoms with Crippen molar-refractivity contribution in [3.8, 4) is 6.07 Å². The van der Waals surface area contributed by atoms with Gasteiger partial charge in [0.25, 0.3) is 5.91 Å². The number of anilines is 2. The van der Waals surface area contributed by atoms with Crippen LogP contribution in [0.15, 0.2) is 36.2 Å². The van der Waals surface area contributed by atoms with Crippen molar-refractivity contribution in [2.24, 2.45) is 5.73 Å². The maximum absolute atomic E-state index is 12.5. The summed E-state index contributed by atoms with van der Waals surface area (Å²) in [4.78, 5) is 26.3. The van der Waals surface area contributed by atoms with Crippen LogP contribution in [-0.2, 0) is 10.3 Å². The summed E-state index contributed by atoms with van der Waals surface area (Å²) in [6, 6.07) is 9.47. The number of piperidine rings is 1. The number of nitrogens with zero attached hydrogens (tertiary/aromatic N) is 4. The second kappa shape index (κ2) is 10.1. The number of aliphatic hydroxyl groups is 1. The Bertz CT molecular complexity index is 1160. The third-order valence-electron chi connectivity index (χ3n) is 5.74. The van der Waals surface area contributed by atoms with E-state index in [-0.39, 0.29) is 23.6 Å². The fourth-order valence-electron chi connectivity index (χ4n) is 4.04. The molecule has 0 aliphatic carbocycles. The number of amides is 2. The molecule has 4 N–H and O–H groups in total. The van der Waals surface area contributed by atoms with Crippen molar-refractivity contribution in [2.75, 3.05) is 18.4 Å². The van der Waals surface area contributed by atoms with Crippen LogP contribution in [0.5, 0.6) is 0 Å². The minimum Gasteiger partial charge on any atom is -0.513 e. The van der Waals surface area contributed by atoms with Crippen LogP contribution in [0, 0.1) is 11.3 Å². The van der Waals surface area contributed by atoms with E-state index in [0.717, 1.165) is 5.56 Å². The number of aliphatic hydroxyl groups excluding tert-OH is 1. The zero-order chi connectivity index (χ0) is 25.8. The fraction of sp³-hybridized carbons (Fsp3) is 0.440. The third kappa shape index (κ3) is 6.32. The Kier molecular flexibility index (Phi) is 7.39. The van der Waals surface area contributed by atoms with E-state index in [1.807, 2.05) is 32.9 Å². The van der Waals surface area contributed by atoms with E-state index in [9.17, 15) is 20.0 Å². The topological polar surface area (TPSA) is 146 Å². The number of primary amides is 1. The molecule has 1 fully saturated rings. The van der Waals surface area contributed by atoms with Gasteiger partial charge in [-0.05, 0) is 64.3 Å². The highest BCUT2D eigenvalue weighted by Gasteiger charge is 2.40. The SMILES string of the molecule is C/C(O)=C/c1cccc(Nc2nn(C3(CC#N)CCN(C(=O)OC(C)(C)C)CC3)cc2C(N)=O)c1. The number of ether oxygens (including phenoxy) is 1. The standard InChI is InChI=1S/C25H32N6O4/c1-17(32)14-18-6-5-7-19(15-18)28-22-20(21(27)33)16-31(29-22)25(8-11-26)9-12-30(13-10-25)23(34)35-24(2,3)4/h5-7,14-16,32H,8-10,12-13H2,1-4H3,(H2,27,33)(H,28,29)/b17-14-. The fourth-order valence-corrected chi connectivity index (χ4v) is 4.04. The van der Waals surface area contributed by atoms with E-state index in [2.05, 4.69) is 16.5 Å². The van der Waals surface area contributed by atoms with E-state index in [0.29, 0.717) is 31.6 Å².